The number of nitrogens with zero attached hydrogens (tertiary/aromatic N) is 2. The molecule has 0 unspecified atom stereocenters. The van der Waals surface area contributed by atoms with Gasteiger partial charge in [-0.1, -0.05) is 59.6 Å². The van der Waals surface area contributed by atoms with Gasteiger partial charge in [-0.05, 0) is 59.7 Å². The van der Waals surface area contributed by atoms with Crippen LogP contribution in [0.1, 0.15) is 11.1 Å². The molecule has 0 N–H and O–H groups in total. The lowest BCUT2D eigenvalue weighted by Crippen LogP contribution is -2.13. The fraction of sp³-hybridized carbons (Fsp3) is 0.0741. The predicted molar refractivity (Wildman–Crippen MR) is 150 cm³/mol. The summed E-state index contributed by atoms with van der Waals surface area (Å²) in [7, 11) is -5.09. The SMILES string of the molecule is CN(C)N=C1c2cc(S(=O)(=O)Oc3ccccc3Cl)ccc2-c2ccc(S(=O)(=O)Oc3ccccc3Cl)cc21. The molecule has 0 saturated heterocycles. The second-order valence-electron chi connectivity index (χ2n) is 8.65. The third kappa shape index (κ3) is 5.33. The minimum Gasteiger partial charge on any atom is -0.377 e. The molecule has 5 rings (SSSR count). The Morgan fingerprint density at radius 2 is 1.03 bits per heavy atom. The second-order valence-corrected chi connectivity index (χ2v) is 12.6. The molecule has 0 aliphatic heterocycles. The molecule has 39 heavy (non-hydrogen) atoms. The first-order valence-electron chi connectivity index (χ1n) is 11.4. The first-order valence-corrected chi connectivity index (χ1v) is 15.0. The molecule has 0 heterocycles. The molecule has 1 aliphatic rings. The van der Waals surface area contributed by atoms with Gasteiger partial charge < -0.3 is 13.4 Å². The molecular weight excluding hydrogens is 583 g/mol. The van der Waals surface area contributed by atoms with Gasteiger partial charge in [0.15, 0.2) is 11.5 Å². The second kappa shape index (κ2) is 10.2. The van der Waals surface area contributed by atoms with Crippen LogP contribution in [0.25, 0.3) is 11.1 Å². The Balaban J connectivity index is 1.56. The van der Waals surface area contributed by atoms with Crippen LogP contribution in [-0.4, -0.2) is 41.7 Å². The van der Waals surface area contributed by atoms with Crippen LogP contribution in [-0.2, 0) is 20.2 Å². The Hall–Kier alpha value is -3.57. The quantitative estimate of drug-likeness (QED) is 0.171. The molecule has 0 radical (unpaired) electrons. The van der Waals surface area contributed by atoms with Gasteiger partial charge >= 0.3 is 20.2 Å². The summed E-state index contributed by atoms with van der Waals surface area (Å²) in [5.74, 6) is -0.00278. The molecule has 200 valence electrons. The largest absolute Gasteiger partial charge is 0.377 e. The van der Waals surface area contributed by atoms with E-state index in [4.69, 9.17) is 31.6 Å². The zero-order valence-electron chi connectivity index (χ0n) is 20.5. The summed E-state index contributed by atoms with van der Waals surface area (Å²) in [4.78, 5) is -0.231. The fourth-order valence-corrected chi connectivity index (χ4v) is 6.42. The van der Waals surface area contributed by atoms with E-state index in [-0.39, 0.29) is 31.3 Å². The van der Waals surface area contributed by atoms with Crippen LogP contribution in [0, 0.1) is 0 Å². The fourth-order valence-electron chi connectivity index (χ4n) is 4.03. The smallest absolute Gasteiger partial charge is 0.339 e. The molecule has 4 aromatic rings. The van der Waals surface area contributed by atoms with Crippen molar-refractivity contribution in [3.8, 4) is 22.6 Å². The van der Waals surface area contributed by atoms with Crippen LogP contribution < -0.4 is 8.37 Å². The Labute approximate surface area is 236 Å². The highest BCUT2D eigenvalue weighted by atomic mass is 35.5. The van der Waals surface area contributed by atoms with Crippen molar-refractivity contribution < 1.29 is 25.2 Å². The van der Waals surface area contributed by atoms with Gasteiger partial charge in [-0.25, -0.2) is 0 Å². The van der Waals surface area contributed by atoms with Crippen LogP contribution in [0.2, 0.25) is 10.0 Å². The monoisotopic (exact) mass is 602 g/mol. The van der Waals surface area contributed by atoms with Crippen LogP contribution in [0.15, 0.2) is 99.8 Å². The molecule has 12 heteroatoms. The molecule has 8 nitrogen and oxygen atoms in total. The zero-order chi connectivity index (χ0) is 27.9. The van der Waals surface area contributed by atoms with Crippen LogP contribution in [0.3, 0.4) is 0 Å². The average molecular weight is 604 g/mol. The van der Waals surface area contributed by atoms with E-state index in [0.29, 0.717) is 28.0 Å². The Morgan fingerprint density at radius 3 is 1.41 bits per heavy atom. The normalized spacial score (nSPS) is 12.5. The summed E-state index contributed by atoms with van der Waals surface area (Å²) < 4.78 is 63.0. The highest BCUT2D eigenvalue weighted by molar-refractivity contribution is 7.87. The van der Waals surface area contributed by atoms with Crippen molar-refractivity contribution in [2.45, 2.75) is 9.79 Å². The number of halogens is 2. The minimum absolute atomic E-state index is 0.00139. The van der Waals surface area contributed by atoms with E-state index < -0.39 is 20.2 Å². The third-order valence-corrected chi connectivity index (χ3v) is 8.82. The van der Waals surface area contributed by atoms with Crippen molar-refractivity contribution >= 4 is 49.1 Å². The standard InChI is InChI=1S/C27H20Cl2N2O6S2/c1-31(2)30-27-21-15-17(38(32,33)36-25-9-5-3-7-23(25)28)11-13-19(21)20-14-12-18(16-22(20)27)39(34,35)37-26-10-6-4-8-24(26)29/h3-16H,1-2H3. The van der Waals surface area contributed by atoms with Gasteiger partial charge in [0, 0.05) is 25.2 Å². The van der Waals surface area contributed by atoms with Crippen molar-refractivity contribution in [3.63, 3.8) is 0 Å². The van der Waals surface area contributed by atoms with E-state index in [0.717, 1.165) is 0 Å². The summed E-state index contributed by atoms with van der Waals surface area (Å²) in [6.45, 7) is 0. The average Bonchev–Trinajstić information content (AvgIpc) is 3.18. The number of fused-ring (bicyclic) bond motifs is 3. The number of rotatable bonds is 7. The van der Waals surface area contributed by atoms with Gasteiger partial charge in [0.25, 0.3) is 0 Å². The number of hydrogen-bond acceptors (Lipinski definition) is 8. The topological polar surface area (TPSA) is 102 Å². The highest BCUT2D eigenvalue weighted by Gasteiger charge is 2.31. The molecule has 0 amide bonds. The van der Waals surface area contributed by atoms with Crippen molar-refractivity contribution in [1.29, 1.82) is 0 Å². The van der Waals surface area contributed by atoms with E-state index in [2.05, 4.69) is 5.10 Å². The molecular formula is C27H20Cl2N2O6S2. The zero-order valence-corrected chi connectivity index (χ0v) is 23.6. The summed E-state index contributed by atoms with van der Waals surface area (Å²) in [5.41, 5.74) is 2.72. The van der Waals surface area contributed by atoms with Crippen molar-refractivity contribution in [2.75, 3.05) is 14.1 Å². The maximum atomic E-state index is 13.1. The van der Waals surface area contributed by atoms with Crippen LogP contribution in [0.5, 0.6) is 11.5 Å². The maximum absolute atomic E-state index is 13.1. The summed E-state index contributed by atoms with van der Waals surface area (Å²) in [5, 5.41) is 6.38. The lowest BCUT2D eigenvalue weighted by molar-refractivity contribution is 0.438. The van der Waals surface area contributed by atoms with Crippen molar-refractivity contribution in [3.05, 3.63) is 106 Å². The Kier molecular flexibility index (Phi) is 7.06. The van der Waals surface area contributed by atoms with E-state index in [9.17, 15) is 16.8 Å². The number of para-hydroxylation sites is 2. The van der Waals surface area contributed by atoms with Gasteiger partial charge in [0.05, 0.1) is 15.8 Å². The van der Waals surface area contributed by atoms with Gasteiger partial charge in [0.1, 0.15) is 9.79 Å². The predicted octanol–water partition coefficient (Wildman–Crippen LogP) is 5.82. The minimum atomic E-state index is -4.25. The Morgan fingerprint density at radius 1 is 0.615 bits per heavy atom. The molecule has 1 aliphatic carbocycles. The van der Waals surface area contributed by atoms with Crippen molar-refractivity contribution in [2.24, 2.45) is 5.10 Å². The lowest BCUT2D eigenvalue weighted by atomic mass is 10.1. The molecule has 0 bridgehead atoms. The van der Waals surface area contributed by atoms with Gasteiger partial charge in [-0.3, -0.25) is 0 Å². The molecule has 0 atom stereocenters. The Bertz CT molecular complexity index is 1730. The van der Waals surface area contributed by atoms with E-state index in [1.807, 2.05) is 0 Å². The molecule has 0 spiro atoms. The summed E-state index contributed by atoms with van der Waals surface area (Å²) in [6.07, 6.45) is 0. The molecule has 0 aromatic heterocycles. The third-order valence-electron chi connectivity index (χ3n) is 5.73. The summed E-state index contributed by atoms with van der Waals surface area (Å²) in [6, 6.07) is 21.5. The van der Waals surface area contributed by atoms with Crippen LogP contribution in [0.4, 0.5) is 0 Å². The van der Waals surface area contributed by atoms with Gasteiger partial charge in [0.2, 0.25) is 0 Å². The van der Waals surface area contributed by atoms with E-state index >= 15 is 0 Å². The maximum Gasteiger partial charge on any atom is 0.339 e. The number of hydrazone groups is 1. The van der Waals surface area contributed by atoms with E-state index in [1.54, 1.807) is 50.5 Å². The number of hydrogen-bond donors (Lipinski definition) is 0. The number of benzene rings is 4. The van der Waals surface area contributed by atoms with Crippen molar-refractivity contribution in [1.82, 2.24) is 5.01 Å². The highest BCUT2D eigenvalue weighted by Crippen LogP contribution is 2.40. The molecule has 0 fully saturated rings. The first-order chi connectivity index (χ1) is 18.5. The first kappa shape index (κ1) is 27.0. The van der Waals surface area contributed by atoms with Crippen LogP contribution >= 0.6 is 23.2 Å². The molecule has 4 aromatic carbocycles. The molecule has 0 saturated carbocycles. The lowest BCUT2D eigenvalue weighted by Gasteiger charge is -2.11. The van der Waals surface area contributed by atoms with Gasteiger partial charge in [-0.2, -0.15) is 21.9 Å². The summed E-state index contributed by atoms with van der Waals surface area (Å²) >= 11 is 12.2. The van der Waals surface area contributed by atoms with E-state index in [1.165, 1.54) is 53.5 Å². The van der Waals surface area contributed by atoms with Gasteiger partial charge in [-0.15, -0.1) is 0 Å².